The van der Waals surface area contributed by atoms with Gasteiger partial charge in [-0.05, 0) is 12.8 Å². The summed E-state index contributed by atoms with van der Waals surface area (Å²) in [6.45, 7) is 0.154. The molecule has 16 heavy (non-hydrogen) atoms. The number of nitrogens with zero attached hydrogens (tertiary/aromatic N) is 2. The fraction of sp³-hybridized carbons (Fsp3) is 0.625. The van der Waals surface area contributed by atoms with E-state index in [1.165, 1.54) is 4.68 Å². The van der Waals surface area contributed by atoms with E-state index in [1.807, 2.05) is 0 Å². The van der Waals surface area contributed by atoms with E-state index < -0.39 is 10.2 Å². The molecule has 0 unspecified atom stereocenters. The molecule has 7 nitrogen and oxygen atoms in total. The summed E-state index contributed by atoms with van der Waals surface area (Å²) in [6.07, 6.45) is 3.38. The van der Waals surface area contributed by atoms with Crippen LogP contribution in [0.3, 0.4) is 0 Å². The number of aryl methyl sites for hydroxylation is 1. The third-order valence-electron chi connectivity index (χ3n) is 2.42. The SMILES string of the molecule is Cn1ncc(CNS(=O)(=O)NC2CC2)c1N. The average molecular weight is 245 g/mol. The van der Waals surface area contributed by atoms with Crippen LogP contribution in [0.4, 0.5) is 5.82 Å². The Bertz CT molecular complexity index is 477. The highest BCUT2D eigenvalue weighted by Gasteiger charge is 2.26. The zero-order chi connectivity index (χ0) is 11.8. The van der Waals surface area contributed by atoms with Crippen molar-refractivity contribution in [2.75, 3.05) is 5.73 Å². The van der Waals surface area contributed by atoms with Crippen molar-refractivity contribution in [3.05, 3.63) is 11.8 Å². The first-order valence-corrected chi connectivity index (χ1v) is 6.49. The summed E-state index contributed by atoms with van der Waals surface area (Å²) in [6, 6.07) is 0.101. The highest BCUT2D eigenvalue weighted by molar-refractivity contribution is 7.87. The largest absolute Gasteiger partial charge is 0.384 e. The second-order valence-electron chi connectivity index (χ2n) is 3.90. The van der Waals surface area contributed by atoms with Gasteiger partial charge in [0.25, 0.3) is 10.2 Å². The molecule has 1 aliphatic rings. The third kappa shape index (κ3) is 2.71. The summed E-state index contributed by atoms with van der Waals surface area (Å²) in [5.41, 5.74) is 6.36. The lowest BCUT2D eigenvalue weighted by Crippen LogP contribution is -2.37. The van der Waals surface area contributed by atoms with Gasteiger partial charge in [0, 0.05) is 25.2 Å². The van der Waals surface area contributed by atoms with Crippen LogP contribution in [0.25, 0.3) is 0 Å². The Balaban J connectivity index is 1.93. The van der Waals surface area contributed by atoms with Crippen molar-refractivity contribution in [2.24, 2.45) is 7.05 Å². The van der Waals surface area contributed by atoms with Gasteiger partial charge in [0.2, 0.25) is 0 Å². The molecule has 0 atom stereocenters. The van der Waals surface area contributed by atoms with E-state index in [1.54, 1.807) is 13.2 Å². The van der Waals surface area contributed by atoms with E-state index in [0.29, 0.717) is 11.4 Å². The van der Waals surface area contributed by atoms with Gasteiger partial charge in [-0.15, -0.1) is 0 Å². The van der Waals surface area contributed by atoms with Gasteiger partial charge in [-0.25, -0.2) is 0 Å². The van der Waals surface area contributed by atoms with Crippen LogP contribution in [0.5, 0.6) is 0 Å². The molecular weight excluding hydrogens is 230 g/mol. The van der Waals surface area contributed by atoms with Crippen molar-refractivity contribution in [1.29, 1.82) is 0 Å². The van der Waals surface area contributed by atoms with Crippen LogP contribution in [0.2, 0.25) is 0 Å². The first kappa shape index (κ1) is 11.4. The number of nitrogens with one attached hydrogen (secondary N) is 2. The third-order valence-corrected chi connectivity index (χ3v) is 3.58. The van der Waals surface area contributed by atoms with Gasteiger partial charge in [0.05, 0.1) is 6.20 Å². The molecule has 2 rings (SSSR count). The Labute approximate surface area is 94.2 Å². The van der Waals surface area contributed by atoms with Crippen LogP contribution < -0.4 is 15.2 Å². The number of hydrogen-bond acceptors (Lipinski definition) is 4. The van der Waals surface area contributed by atoms with Crippen molar-refractivity contribution < 1.29 is 8.42 Å². The minimum Gasteiger partial charge on any atom is -0.384 e. The van der Waals surface area contributed by atoms with Crippen LogP contribution >= 0.6 is 0 Å². The predicted octanol–water partition coefficient (Wildman–Crippen LogP) is -0.911. The molecule has 90 valence electrons. The number of anilines is 1. The molecule has 1 aliphatic carbocycles. The van der Waals surface area contributed by atoms with E-state index in [-0.39, 0.29) is 12.6 Å². The maximum atomic E-state index is 11.5. The predicted molar refractivity (Wildman–Crippen MR) is 59.5 cm³/mol. The Kier molecular flexibility index (Phi) is 2.87. The lowest BCUT2D eigenvalue weighted by atomic mass is 10.3. The van der Waals surface area contributed by atoms with Crippen LogP contribution in [-0.4, -0.2) is 24.2 Å². The number of rotatable bonds is 5. The lowest BCUT2D eigenvalue weighted by molar-refractivity contribution is 0.565. The fourth-order valence-corrected chi connectivity index (χ4v) is 2.37. The van der Waals surface area contributed by atoms with Crippen LogP contribution in [0, 0.1) is 0 Å². The standard InChI is InChI=1S/C8H15N5O2S/c1-13-8(9)6(4-10-13)5-11-16(14,15)12-7-2-3-7/h4,7,11-12H,2-3,5,9H2,1H3. The molecule has 1 heterocycles. The van der Waals surface area contributed by atoms with Crippen LogP contribution in [0.1, 0.15) is 18.4 Å². The zero-order valence-corrected chi connectivity index (χ0v) is 9.79. The van der Waals surface area contributed by atoms with Crippen LogP contribution in [-0.2, 0) is 23.8 Å². The van der Waals surface area contributed by atoms with Crippen LogP contribution in [0.15, 0.2) is 6.20 Å². The molecule has 0 aromatic carbocycles. The van der Waals surface area contributed by atoms with E-state index in [0.717, 1.165) is 12.8 Å². The summed E-state index contributed by atoms with van der Waals surface area (Å²) in [5, 5.41) is 3.93. The van der Waals surface area contributed by atoms with Gasteiger partial charge in [0.15, 0.2) is 0 Å². The summed E-state index contributed by atoms with van der Waals surface area (Å²) >= 11 is 0. The monoisotopic (exact) mass is 245 g/mol. The normalized spacial score (nSPS) is 16.6. The highest BCUT2D eigenvalue weighted by atomic mass is 32.2. The van der Waals surface area contributed by atoms with E-state index in [2.05, 4.69) is 14.5 Å². The second-order valence-corrected chi connectivity index (χ2v) is 5.43. The smallest absolute Gasteiger partial charge is 0.277 e. The Morgan fingerprint density at radius 3 is 2.81 bits per heavy atom. The first-order chi connectivity index (χ1) is 7.48. The van der Waals surface area contributed by atoms with E-state index in [9.17, 15) is 8.42 Å². The van der Waals surface area contributed by atoms with Gasteiger partial charge >= 0.3 is 0 Å². The van der Waals surface area contributed by atoms with Crippen molar-refractivity contribution in [1.82, 2.24) is 19.2 Å². The quantitative estimate of drug-likeness (QED) is 0.625. The van der Waals surface area contributed by atoms with E-state index in [4.69, 9.17) is 5.73 Å². The zero-order valence-electron chi connectivity index (χ0n) is 8.97. The van der Waals surface area contributed by atoms with E-state index >= 15 is 0 Å². The number of nitrogen functional groups attached to an aromatic ring is 1. The molecule has 0 aliphatic heterocycles. The molecule has 1 aromatic heterocycles. The van der Waals surface area contributed by atoms with Gasteiger partial charge in [-0.3, -0.25) is 4.68 Å². The van der Waals surface area contributed by atoms with Gasteiger partial charge in [-0.1, -0.05) is 0 Å². The summed E-state index contributed by atoms with van der Waals surface area (Å²) < 4.78 is 29.4. The minimum absolute atomic E-state index is 0.101. The molecule has 8 heteroatoms. The summed E-state index contributed by atoms with van der Waals surface area (Å²) in [7, 11) is -1.71. The molecule has 1 aromatic rings. The summed E-state index contributed by atoms with van der Waals surface area (Å²) in [5.74, 6) is 0.467. The van der Waals surface area contributed by atoms with Gasteiger partial charge in [0.1, 0.15) is 5.82 Å². The van der Waals surface area contributed by atoms with Crippen molar-refractivity contribution in [3.8, 4) is 0 Å². The molecule has 1 saturated carbocycles. The van der Waals surface area contributed by atoms with Crippen molar-refractivity contribution in [3.63, 3.8) is 0 Å². The fourth-order valence-electron chi connectivity index (χ4n) is 1.26. The molecule has 0 bridgehead atoms. The Morgan fingerprint density at radius 1 is 1.62 bits per heavy atom. The molecule has 4 N–H and O–H groups in total. The van der Waals surface area contributed by atoms with Crippen molar-refractivity contribution in [2.45, 2.75) is 25.4 Å². The number of hydrogen-bond donors (Lipinski definition) is 3. The summed E-state index contributed by atoms with van der Waals surface area (Å²) in [4.78, 5) is 0. The molecule has 0 spiro atoms. The second kappa shape index (κ2) is 4.04. The molecule has 0 radical (unpaired) electrons. The molecule has 0 saturated heterocycles. The molecular formula is C8H15N5O2S. The highest BCUT2D eigenvalue weighted by Crippen LogP contribution is 2.19. The minimum atomic E-state index is -3.42. The van der Waals surface area contributed by atoms with Crippen molar-refractivity contribution >= 4 is 16.0 Å². The maximum absolute atomic E-state index is 11.5. The maximum Gasteiger partial charge on any atom is 0.277 e. The Hall–Kier alpha value is -1.12. The topological polar surface area (TPSA) is 102 Å². The lowest BCUT2D eigenvalue weighted by Gasteiger charge is -2.06. The Morgan fingerprint density at radius 2 is 2.31 bits per heavy atom. The van der Waals surface area contributed by atoms with Gasteiger partial charge in [-0.2, -0.15) is 23.0 Å². The average Bonchev–Trinajstić information content (AvgIpc) is 2.93. The molecule has 1 fully saturated rings. The van der Waals surface area contributed by atoms with Gasteiger partial charge < -0.3 is 5.73 Å². The molecule has 0 amide bonds. The first-order valence-electron chi connectivity index (χ1n) is 5.01. The number of nitrogens with two attached hydrogens (primary N) is 1. The number of aromatic nitrogens is 2.